The largest absolute Gasteiger partial charge is 0.299 e. The van der Waals surface area contributed by atoms with Crippen molar-refractivity contribution >= 4 is 17.5 Å². The van der Waals surface area contributed by atoms with Crippen LogP contribution in [0.3, 0.4) is 0 Å². The van der Waals surface area contributed by atoms with Crippen LogP contribution in [-0.4, -0.2) is 31.3 Å². The molecule has 0 unspecified atom stereocenters. The Labute approximate surface area is 195 Å². The molecule has 5 nitrogen and oxygen atoms in total. The molecule has 0 radical (unpaired) electrons. The van der Waals surface area contributed by atoms with Crippen LogP contribution in [0.15, 0.2) is 29.7 Å². The van der Waals surface area contributed by atoms with Crippen molar-refractivity contribution in [2.45, 2.75) is 82.3 Å². The maximum Gasteiger partial charge on any atom is 0.192 e. The molecule has 0 saturated heterocycles. The summed E-state index contributed by atoms with van der Waals surface area (Å²) in [6.45, 7) is 2.35. The fourth-order valence-corrected chi connectivity index (χ4v) is 8.81. The summed E-state index contributed by atoms with van der Waals surface area (Å²) in [6, 6.07) is 4.42. The molecule has 0 amide bonds. The average Bonchev–Trinajstić information content (AvgIpc) is 3.21. The second-order valence-electron chi connectivity index (χ2n) is 11.2. The van der Waals surface area contributed by atoms with Crippen LogP contribution >= 0.6 is 11.8 Å². The smallest absolute Gasteiger partial charge is 0.192 e. The van der Waals surface area contributed by atoms with E-state index in [0.29, 0.717) is 23.5 Å². The van der Waals surface area contributed by atoms with E-state index in [1.807, 2.05) is 12.3 Å². The number of Topliss-reactive ketones (excluding diaryl/α,β-unsaturated/α-hetero) is 1. The van der Waals surface area contributed by atoms with Crippen molar-refractivity contribution in [2.24, 2.45) is 29.1 Å². The van der Waals surface area contributed by atoms with E-state index < -0.39 is 0 Å². The van der Waals surface area contributed by atoms with E-state index in [-0.39, 0.29) is 5.41 Å². The Bertz CT molecular complexity index is 952. The third-order valence-electron chi connectivity index (χ3n) is 8.94. The molecule has 5 aliphatic rings. The van der Waals surface area contributed by atoms with Crippen LogP contribution in [0, 0.1) is 29.1 Å². The number of hydrogen-bond acceptors (Lipinski definition) is 5. The van der Waals surface area contributed by atoms with Crippen LogP contribution in [-0.2, 0) is 4.79 Å². The first kappa shape index (κ1) is 20.9. The normalized spacial score (nSPS) is 35.8. The van der Waals surface area contributed by atoms with Crippen molar-refractivity contribution in [1.29, 1.82) is 0 Å². The average molecular weight is 451 g/mol. The van der Waals surface area contributed by atoms with E-state index >= 15 is 0 Å². The molecule has 7 rings (SSSR count). The zero-order valence-corrected chi connectivity index (χ0v) is 19.9. The predicted molar refractivity (Wildman–Crippen MR) is 126 cm³/mol. The first-order chi connectivity index (χ1) is 15.6. The first-order valence-electron chi connectivity index (χ1n) is 12.6. The lowest BCUT2D eigenvalue weighted by atomic mass is 9.48. The molecule has 2 aromatic heterocycles. The molecule has 2 aromatic rings. The van der Waals surface area contributed by atoms with Gasteiger partial charge < -0.3 is 0 Å². The Morgan fingerprint density at radius 3 is 2.47 bits per heavy atom. The van der Waals surface area contributed by atoms with Gasteiger partial charge in [0.25, 0.3) is 0 Å². The quantitative estimate of drug-likeness (QED) is 0.508. The Morgan fingerprint density at radius 2 is 1.81 bits per heavy atom. The Kier molecular flexibility index (Phi) is 5.39. The van der Waals surface area contributed by atoms with E-state index in [0.717, 1.165) is 60.0 Å². The minimum atomic E-state index is -0.0308. The predicted octanol–water partition coefficient (Wildman–Crippen LogP) is 5.97. The number of ketones is 1. The van der Waals surface area contributed by atoms with Gasteiger partial charge in [-0.3, -0.25) is 14.3 Å². The number of carbonyl (C=O) groups excluding carboxylic acids is 1. The topological polar surface area (TPSA) is 60.7 Å². The van der Waals surface area contributed by atoms with Gasteiger partial charge >= 0.3 is 0 Å². The maximum absolute atomic E-state index is 13.6. The number of hydrogen-bond donors (Lipinski definition) is 0. The van der Waals surface area contributed by atoms with Crippen LogP contribution in [0.5, 0.6) is 0 Å². The number of nitrogens with zero attached hydrogens (tertiary/aromatic N) is 4. The van der Waals surface area contributed by atoms with Gasteiger partial charge in [-0.25, -0.2) is 0 Å². The second kappa shape index (κ2) is 8.27. The summed E-state index contributed by atoms with van der Waals surface area (Å²) in [5, 5.41) is 10.1. The van der Waals surface area contributed by atoms with Gasteiger partial charge in [-0.05, 0) is 87.2 Å². The van der Waals surface area contributed by atoms with Gasteiger partial charge in [0.1, 0.15) is 5.78 Å². The van der Waals surface area contributed by atoms with Gasteiger partial charge in [0, 0.05) is 29.4 Å². The zero-order valence-electron chi connectivity index (χ0n) is 19.1. The van der Waals surface area contributed by atoms with Crippen LogP contribution in [0.2, 0.25) is 0 Å². The highest BCUT2D eigenvalue weighted by molar-refractivity contribution is 7.99. The summed E-state index contributed by atoms with van der Waals surface area (Å²) in [4.78, 5) is 17.9. The number of thioether (sulfide) groups is 1. The number of rotatable bonds is 6. The number of carbonyl (C=O) groups is 1. The van der Waals surface area contributed by atoms with Gasteiger partial charge in [0.05, 0.1) is 5.75 Å². The molecule has 0 aromatic carbocycles. The highest BCUT2D eigenvalue weighted by Crippen LogP contribution is 2.60. The lowest BCUT2D eigenvalue weighted by Crippen LogP contribution is -2.50. The maximum atomic E-state index is 13.6. The van der Waals surface area contributed by atoms with Crippen molar-refractivity contribution < 1.29 is 4.79 Å². The van der Waals surface area contributed by atoms with Crippen LogP contribution in [0.4, 0.5) is 0 Å². The minimum absolute atomic E-state index is 0.0308. The third-order valence-corrected chi connectivity index (χ3v) is 9.89. The minimum Gasteiger partial charge on any atom is -0.299 e. The molecular formula is C26H34N4OS. The lowest BCUT2D eigenvalue weighted by molar-refractivity contribution is -0.141. The fourth-order valence-electron chi connectivity index (χ4n) is 7.78. The molecule has 5 saturated carbocycles. The van der Waals surface area contributed by atoms with Gasteiger partial charge in [-0.1, -0.05) is 31.5 Å². The highest BCUT2D eigenvalue weighted by Gasteiger charge is 2.54. The first-order valence-corrected chi connectivity index (χ1v) is 13.6. The standard InChI is InChI=1S/C26H34N4OS/c1-17-5-2-3-7-22(17)30-24(21-6-4-8-27-15-21)28-29-25(30)32-16-23(31)26-12-18-9-19(13-26)11-20(10-18)14-26/h4,6,8,15,17-20,22H,2-3,5,7,9-14,16H2,1H3/t17-,18?,19?,20?,22+,26?/m1/s1. The summed E-state index contributed by atoms with van der Waals surface area (Å²) < 4.78 is 2.35. The van der Waals surface area contributed by atoms with Crippen LogP contribution in [0.1, 0.15) is 77.2 Å². The fraction of sp³-hybridized carbons (Fsp3) is 0.692. The molecular weight excluding hydrogens is 416 g/mol. The van der Waals surface area contributed by atoms with E-state index in [2.05, 4.69) is 32.7 Å². The molecule has 5 fully saturated rings. The van der Waals surface area contributed by atoms with Gasteiger partial charge in [-0.2, -0.15) is 0 Å². The molecule has 6 heteroatoms. The molecule has 2 atom stereocenters. The van der Waals surface area contributed by atoms with E-state index in [1.165, 1.54) is 38.5 Å². The van der Waals surface area contributed by atoms with Crippen molar-refractivity contribution in [3.8, 4) is 11.4 Å². The summed E-state index contributed by atoms with van der Waals surface area (Å²) in [6.07, 6.45) is 16.2. The van der Waals surface area contributed by atoms with Crippen molar-refractivity contribution in [2.75, 3.05) is 5.75 Å². The monoisotopic (exact) mass is 450 g/mol. The van der Waals surface area contributed by atoms with Gasteiger partial charge in [0.2, 0.25) is 0 Å². The summed E-state index contributed by atoms with van der Waals surface area (Å²) in [5.74, 6) is 4.93. The van der Waals surface area contributed by atoms with Crippen LogP contribution < -0.4 is 0 Å². The molecule has 5 aliphatic carbocycles. The molecule has 170 valence electrons. The van der Waals surface area contributed by atoms with E-state index in [9.17, 15) is 4.79 Å². The summed E-state index contributed by atoms with van der Waals surface area (Å²) >= 11 is 1.63. The molecule has 0 spiro atoms. The summed E-state index contributed by atoms with van der Waals surface area (Å²) in [5.41, 5.74) is 0.980. The summed E-state index contributed by atoms with van der Waals surface area (Å²) in [7, 11) is 0. The second-order valence-corrected chi connectivity index (χ2v) is 12.1. The van der Waals surface area contributed by atoms with Crippen LogP contribution in [0.25, 0.3) is 11.4 Å². The Balaban J connectivity index is 1.26. The van der Waals surface area contributed by atoms with E-state index in [4.69, 9.17) is 0 Å². The number of pyridine rings is 1. The lowest BCUT2D eigenvalue weighted by Gasteiger charge is -2.56. The Morgan fingerprint density at radius 1 is 1.09 bits per heavy atom. The van der Waals surface area contributed by atoms with Gasteiger partial charge in [0.15, 0.2) is 11.0 Å². The Hall–Kier alpha value is -1.69. The zero-order chi connectivity index (χ0) is 21.7. The molecule has 32 heavy (non-hydrogen) atoms. The van der Waals surface area contributed by atoms with Crippen molar-refractivity contribution in [1.82, 2.24) is 19.7 Å². The number of aromatic nitrogens is 4. The molecule has 2 heterocycles. The SMILES string of the molecule is C[C@@H]1CCCC[C@@H]1n1c(SCC(=O)C23CC4CC(CC(C4)C2)C3)nnc1-c1cccnc1. The molecule has 0 N–H and O–H groups in total. The molecule has 0 aliphatic heterocycles. The third kappa shape index (κ3) is 3.63. The highest BCUT2D eigenvalue weighted by atomic mass is 32.2. The van der Waals surface area contributed by atoms with Crippen molar-refractivity contribution in [3.05, 3.63) is 24.5 Å². The van der Waals surface area contributed by atoms with Crippen molar-refractivity contribution in [3.63, 3.8) is 0 Å². The van der Waals surface area contributed by atoms with Gasteiger partial charge in [-0.15, -0.1) is 10.2 Å². The van der Waals surface area contributed by atoms with E-state index in [1.54, 1.807) is 18.0 Å². The molecule has 4 bridgehead atoms.